The predicted molar refractivity (Wildman–Crippen MR) is 56.0 cm³/mol. The van der Waals surface area contributed by atoms with Gasteiger partial charge in [0.2, 0.25) is 0 Å². The van der Waals surface area contributed by atoms with Crippen molar-refractivity contribution in [2.24, 2.45) is 5.73 Å². The third kappa shape index (κ3) is 1.25. The van der Waals surface area contributed by atoms with Crippen LogP contribution in [0.4, 0.5) is 4.39 Å². The number of nitrogens with zero attached hydrogens (tertiary/aromatic N) is 1. The Balaban J connectivity index is 2.14. The van der Waals surface area contributed by atoms with Gasteiger partial charge < -0.3 is 10.7 Å². The molecule has 0 amide bonds. The van der Waals surface area contributed by atoms with E-state index in [9.17, 15) is 4.39 Å². The normalized spacial score (nSPS) is 18.3. The molecule has 0 aromatic carbocycles. The summed E-state index contributed by atoms with van der Waals surface area (Å²) in [5, 5.41) is 0. The van der Waals surface area contributed by atoms with Crippen LogP contribution in [0, 0.1) is 5.82 Å². The quantitative estimate of drug-likeness (QED) is 0.783. The van der Waals surface area contributed by atoms with E-state index >= 15 is 0 Å². The van der Waals surface area contributed by atoms with Gasteiger partial charge in [0.25, 0.3) is 0 Å². The van der Waals surface area contributed by atoms with E-state index in [0.717, 1.165) is 29.6 Å². The second kappa shape index (κ2) is 2.79. The van der Waals surface area contributed by atoms with Crippen LogP contribution in [0.25, 0.3) is 11.0 Å². The molecule has 0 aliphatic heterocycles. The smallest absolute Gasteiger partial charge is 0.143 e. The number of nitrogens with two attached hydrogens (primary N) is 1. The number of halogens is 1. The van der Waals surface area contributed by atoms with Crippen LogP contribution in [-0.4, -0.2) is 16.5 Å². The Kier molecular flexibility index (Phi) is 1.65. The average molecular weight is 205 g/mol. The molecule has 15 heavy (non-hydrogen) atoms. The van der Waals surface area contributed by atoms with Crippen molar-refractivity contribution in [3.8, 4) is 0 Å². The summed E-state index contributed by atoms with van der Waals surface area (Å²) in [5.41, 5.74) is 8.51. The van der Waals surface area contributed by atoms with Crippen molar-refractivity contribution in [1.82, 2.24) is 9.97 Å². The van der Waals surface area contributed by atoms with Gasteiger partial charge in [0.15, 0.2) is 0 Å². The highest BCUT2D eigenvalue weighted by Gasteiger charge is 2.44. The molecule has 3 rings (SSSR count). The summed E-state index contributed by atoms with van der Waals surface area (Å²) in [7, 11) is 0. The van der Waals surface area contributed by atoms with Gasteiger partial charge in [0.05, 0.1) is 17.2 Å². The number of pyridine rings is 1. The molecule has 2 aromatic heterocycles. The van der Waals surface area contributed by atoms with Crippen LogP contribution in [0.1, 0.15) is 18.5 Å². The van der Waals surface area contributed by atoms with E-state index < -0.39 is 0 Å². The fourth-order valence-electron chi connectivity index (χ4n) is 2.00. The van der Waals surface area contributed by atoms with E-state index in [1.54, 1.807) is 0 Å². The largest absolute Gasteiger partial charge is 0.356 e. The van der Waals surface area contributed by atoms with Crippen molar-refractivity contribution >= 4 is 11.0 Å². The minimum Gasteiger partial charge on any atom is -0.356 e. The van der Waals surface area contributed by atoms with Crippen molar-refractivity contribution < 1.29 is 4.39 Å². The molecule has 2 heterocycles. The van der Waals surface area contributed by atoms with Gasteiger partial charge in [-0.2, -0.15) is 0 Å². The molecule has 0 saturated heterocycles. The van der Waals surface area contributed by atoms with Gasteiger partial charge in [-0.05, 0) is 18.9 Å². The Hall–Kier alpha value is -1.42. The van der Waals surface area contributed by atoms with Gasteiger partial charge in [-0.15, -0.1) is 0 Å². The van der Waals surface area contributed by atoms with Crippen LogP contribution < -0.4 is 5.73 Å². The second-order valence-electron chi connectivity index (χ2n) is 4.25. The molecule has 1 aliphatic rings. The third-order valence-electron chi connectivity index (χ3n) is 3.25. The Morgan fingerprint density at radius 3 is 2.93 bits per heavy atom. The van der Waals surface area contributed by atoms with E-state index in [0.29, 0.717) is 6.54 Å². The molecule has 1 fully saturated rings. The fourth-order valence-corrected chi connectivity index (χ4v) is 2.00. The number of aromatic amines is 1. The first kappa shape index (κ1) is 8.85. The molecular formula is C11H12FN3. The Labute approximate surface area is 86.5 Å². The molecule has 0 unspecified atom stereocenters. The van der Waals surface area contributed by atoms with Crippen LogP contribution in [0.5, 0.6) is 0 Å². The van der Waals surface area contributed by atoms with Crippen molar-refractivity contribution in [2.45, 2.75) is 18.3 Å². The molecule has 1 aliphatic carbocycles. The summed E-state index contributed by atoms with van der Waals surface area (Å²) in [6.45, 7) is 0.641. The summed E-state index contributed by atoms with van der Waals surface area (Å²) < 4.78 is 12.9. The van der Waals surface area contributed by atoms with Gasteiger partial charge >= 0.3 is 0 Å². The first-order valence-corrected chi connectivity index (χ1v) is 5.08. The molecule has 4 heteroatoms. The number of rotatable bonds is 2. The molecule has 0 spiro atoms. The zero-order chi connectivity index (χ0) is 10.5. The van der Waals surface area contributed by atoms with E-state index in [1.807, 2.05) is 6.07 Å². The maximum Gasteiger partial charge on any atom is 0.143 e. The van der Waals surface area contributed by atoms with Gasteiger partial charge in [-0.25, -0.2) is 4.39 Å². The Morgan fingerprint density at radius 1 is 1.47 bits per heavy atom. The molecule has 0 atom stereocenters. The summed E-state index contributed by atoms with van der Waals surface area (Å²) in [6.07, 6.45) is 3.46. The highest BCUT2D eigenvalue weighted by Crippen LogP contribution is 2.47. The standard InChI is InChI=1S/C11H12FN3/c12-7-3-9-8(14-5-7)4-10(15-9)11(6-13)1-2-11/h3-5,15H,1-2,6,13H2. The number of H-pyrrole nitrogens is 1. The van der Waals surface area contributed by atoms with Crippen LogP contribution in [0.2, 0.25) is 0 Å². The summed E-state index contributed by atoms with van der Waals surface area (Å²) in [6, 6.07) is 3.45. The van der Waals surface area contributed by atoms with Crippen LogP contribution in [-0.2, 0) is 5.41 Å². The molecule has 3 nitrogen and oxygen atoms in total. The lowest BCUT2D eigenvalue weighted by Crippen LogP contribution is -2.19. The lowest BCUT2D eigenvalue weighted by atomic mass is 10.0. The fraction of sp³-hybridized carbons (Fsp3) is 0.364. The zero-order valence-corrected chi connectivity index (χ0v) is 8.26. The lowest BCUT2D eigenvalue weighted by molar-refractivity contribution is 0.624. The van der Waals surface area contributed by atoms with E-state index in [-0.39, 0.29) is 11.2 Å². The number of aromatic nitrogens is 2. The van der Waals surface area contributed by atoms with Crippen molar-refractivity contribution in [1.29, 1.82) is 0 Å². The van der Waals surface area contributed by atoms with E-state index in [4.69, 9.17) is 5.73 Å². The molecule has 0 radical (unpaired) electrons. The Bertz CT molecular complexity index is 514. The van der Waals surface area contributed by atoms with Crippen LogP contribution >= 0.6 is 0 Å². The van der Waals surface area contributed by atoms with Crippen LogP contribution in [0.3, 0.4) is 0 Å². The summed E-state index contributed by atoms with van der Waals surface area (Å²) >= 11 is 0. The van der Waals surface area contributed by atoms with Gasteiger partial charge in [-0.1, -0.05) is 0 Å². The van der Waals surface area contributed by atoms with E-state index in [2.05, 4.69) is 9.97 Å². The van der Waals surface area contributed by atoms with Gasteiger partial charge in [0, 0.05) is 23.7 Å². The molecule has 0 bridgehead atoms. The first-order valence-electron chi connectivity index (χ1n) is 5.08. The van der Waals surface area contributed by atoms with Crippen LogP contribution in [0.15, 0.2) is 18.3 Å². The lowest BCUT2D eigenvalue weighted by Gasteiger charge is -2.08. The SMILES string of the molecule is NCC1(c2cc3ncc(F)cc3[nH]2)CC1. The van der Waals surface area contributed by atoms with Gasteiger partial charge in [0.1, 0.15) is 5.82 Å². The number of hydrogen-bond donors (Lipinski definition) is 2. The zero-order valence-electron chi connectivity index (χ0n) is 8.26. The molecular weight excluding hydrogens is 193 g/mol. The highest BCUT2D eigenvalue weighted by molar-refractivity contribution is 5.76. The summed E-state index contributed by atoms with van der Waals surface area (Å²) in [5.74, 6) is -0.312. The highest BCUT2D eigenvalue weighted by atomic mass is 19.1. The monoisotopic (exact) mass is 205 g/mol. The topological polar surface area (TPSA) is 54.7 Å². The van der Waals surface area contributed by atoms with Crippen molar-refractivity contribution in [3.05, 3.63) is 29.8 Å². The molecule has 3 N–H and O–H groups in total. The minimum atomic E-state index is -0.312. The van der Waals surface area contributed by atoms with Crippen molar-refractivity contribution in [2.75, 3.05) is 6.54 Å². The Morgan fingerprint density at radius 2 is 2.27 bits per heavy atom. The minimum absolute atomic E-state index is 0.108. The summed E-state index contributed by atoms with van der Waals surface area (Å²) in [4.78, 5) is 7.24. The van der Waals surface area contributed by atoms with Crippen molar-refractivity contribution in [3.63, 3.8) is 0 Å². The number of fused-ring (bicyclic) bond motifs is 1. The molecule has 78 valence electrons. The van der Waals surface area contributed by atoms with E-state index in [1.165, 1.54) is 12.3 Å². The molecule has 1 saturated carbocycles. The maximum atomic E-state index is 12.9. The number of hydrogen-bond acceptors (Lipinski definition) is 2. The maximum absolute atomic E-state index is 12.9. The number of nitrogens with one attached hydrogen (secondary N) is 1. The third-order valence-corrected chi connectivity index (χ3v) is 3.25. The average Bonchev–Trinajstić information content (AvgIpc) is 2.93. The predicted octanol–water partition coefficient (Wildman–Crippen LogP) is 1.69. The first-order chi connectivity index (χ1) is 7.23. The molecule has 2 aromatic rings. The second-order valence-corrected chi connectivity index (χ2v) is 4.25. The van der Waals surface area contributed by atoms with Gasteiger partial charge in [-0.3, -0.25) is 4.98 Å².